The van der Waals surface area contributed by atoms with Gasteiger partial charge in [-0.05, 0) is 43.4 Å². The van der Waals surface area contributed by atoms with Gasteiger partial charge in [0.2, 0.25) is 0 Å². The predicted molar refractivity (Wildman–Crippen MR) is 95.5 cm³/mol. The maximum absolute atomic E-state index is 9.58. The third-order valence-electron chi connectivity index (χ3n) is 4.65. The number of aryl methyl sites for hydroxylation is 1. The van der Waals surface area contributed by atoms with Gasteiger partial charge in [0.15, 0.2) is 0 Å². The average molecular weight is 343 g/mol. The van der Waals surface area contributed by atoms with Gasteiger partial charge in [-0.3, -0.25) is 4.98 Å². The molecule has 0 aliphatic carbocycles. The number of hydrogen-bond acceptors (Lipinski definition) is 5. The molecule has 0 unspecified atom stereocenters. The molecule has 5 nitrogen and oxygen atoms in total. The van der Waals surface area contributed by atoms with Crippen LogP contribution in [0.15, 0.2) is 30.5 Å². The number of pyridine rings is 1. The van der Waals surface area contributed by atoms with Crippen LogP contribution in [0.25, 0.3) is 10.9 Å². The van der Waals surface area contributed by atoms with Crippen LogP contribution < -0.4 is 4.74 Å². The van der Waals surface area contributed by atoms with Crippen LogP contribution in [0.3, 0.4) is 0 Å². The third kappa shape index (κ3) is 4.69. The molecule has 0 spiro atoms. The Morgan fingerprint density at radius 1 is 1.44 bits per heavy atom. The molecule has 1 saturated heterocycles. The monoisotopic (exact) mass is 343 g/mol. The zero-order valence-corrected chi connectivity index (χ0v) is 14.5. The van der Waals surface area contributed by atoms with E-state index in [1.807, 2.05) is 18.2 Å². The van der Waals surface area contributed by atoms with Crippen molar-refractivity contribution >= 4 is 10.9 Å². The highest BCUT2D eigenvalue weighted by Crippen LogP contribution is 2.27. The van der Waals surface area contributed by atoms with Crippen LogP contribution in [-0.2, 0) is 11.2 Å². The van der Waals surface area contributed by atoms with Crippen molar-refractivity contribution in [3.05, 3.63) is 42.4 Å². The van der Waals surface area contributed by atoms with Crippen molar-refractivity contribution in [3.8, 4) is 5.75 Å². The number of benzene rings is 1. The zero-order chi connectivity index (χ0) is 17.6. The molecule has 25 heavy (non-hydrogen) atoms. The van der Waals surface area contributed by atoms with Crippen molar-refractivity contribution in [2.75, 3.05) is 13.7 Å². The quantitative estimate of drug-likeness (QED) is 0.808. The number of rotatable bonds is 7. The highest BCUT2D eigenvalue weighted by atomic mass is 16.5. The molecule has 0 bridgehead atoms. The molecule has 1 aliphatic rings. The Kier molecular flexibility index (Phi) is 6.24. The highest BCUT2D eigenvalue weighted by molar-refractivity contribution is 5.83. The zero-order valence-electron chi connectivity index (χ0n) is 14.5. The number of aliphatic hydroxyl groups excluding tert-OH is 2. The van der Waals surface area contributed by atoms with Crippen molar-refractivity contribution in [2.45, 2.75) is 50.4 Å². The minimum absolute atomic E-state index is 0.144. The van der Waals surface area contributed by atoms with Crippen LogP contribution in [-0.4, -0.2) is 47.2 Å². The van der Waals surface area contributed by atoms with Crippen molar-refractivity contribution in [1.82, 2.24) is 4.98 Å². The second kappa shape index (κ2) is 8.61. The summed E-state index contributed by atoms with van der Waals surface area (Å²) in [5.74, 6) is 0.760. The molecule has 1 aromatic heterocycles. The van der Waals surface area contributed by atoms with Gasteiger partial charge in [0, 0.05) is 18.2 Å². The number of aromatic nitrogens is 1. The summed E-state index contributed by atoms with van der Waals surface area (Å²) in [7, 11) is 1.65. The number of ether oxygens (including phenoxy) is 2. The lowest BCUT2D eigenvalue weighted by Gasteiger charge is -2.30. The van der Waals surface area contributed by atoms with Gasteiger partial charge in [0.05, 0.1) is 43.7 Å². The Morgan fingerprint density at radius 3 is 3.12 bits per heavy atom. The molecular weight excluding hydrogens is 318 g/mol. The van der Waals surface area contributed by atoms with E-state index in [0.717, 1.165) is 42.3 Å². The molecule has 2 N–H and O–H groups in total. The molecule has 134 valence electrons. The SMILES string of the molecule is COc1cnc2cccc(CC[C@H]3CC[C][C@H](C[C@@H](O)CO)O3)c2c1. The van der Waals surface area contributed by atoms with E-state index in [1.165, 1.54) is 5.56 Å². The van der Waals surface area contributed by atoms with Crippen LogP contribution >= 0.6 is 0 Å². The van der Waals surface area contributed by atoms with Crippen molar-refractivity contribution in [1.29, 1.82) is 0 Å². The molecule has 3 rings (SSSR count). The van der Waals surface area contributed by atoms with Crippen molar-refractivity contribution in [2.24, 2.45) is 0 Å². The molecule has 5 heteroatoms. The molecule has 2 aromatic rings. The van der Waals surface area contributed by atoms with E-state index in [9.17, 15) is 5.11 Å². The first kappa shape index (κ1) is 18.1. The van der Waals surface area contributed by atoms with Gasteiger partial charge in [0.25, 0.3) is 0 Å². The van der Waals surface area contributed by atoms with Gasteiger partial charge in [-0.2, -0.15) is 0 Å². The summed E-state index contributed by atoms with van der Waals surface area (Å²) in [6.45, 7) is -0.239. The first-order valence-electron chi connectivity index (χ1n) is 8.79. The van der Waals surface area contributed by atoms with Gasteiger partial charge >= 0.3 is 0 Å². The van der Waals surface area contributed by atoms with Crippen molar-refractivity contribution < 1.29 is 19.7 Å². The molecule has 3 atom stereocenters. The second-order valence-electron chi connectivity index (χ2n) is 6.46. The fourth-order valence-electron chi connectivity index (χ4n) is 3.26. The number of nitrogens with zero attached hydrogens (tertiary/aromatic N) is 1. The summed E-state index contributed by atoms with van der Waals surface area (Å²) < 4.78 is 11.3. The Bertz CT molecular complexity index is 690. The molecular formula is C20H25NO4. The third-order valence-corrected chi connectivity index (χ3v) is 4.65. The molecule has 1 aliphatic heterocycles. The van der Waals surface area contributed by atoms with E-state index in [-0.39, 0.29) is 18.8 Å². The first-order chi connectivity index (χ1) is 12.2. The summed E-state index contributed by atoms with van der Waals surface area (Å²) in [6, 6.07) is 8.19. The molecule has 0 amide bonds. The second-order valence-corrected chi connectivity index (χ2v) is 6.46. The predicted octanol–water partition coefficient (Wildman–Crippen LogP) is 2.55. The lowest BCUT2D eigenvalue weighted by Crippen LogP contribution is -2.32. The van der Waals surface area contributed by atoms with E-state index < -0.39 is 6.10 Å². The smallest absolute Gasteiger partial charge is 0.137 e. The first-order valence-corrected chi connectivity index (χ1v) is 8.79. The van der Waals surface area contributed by atoms with Crippen molar-refractivity contribution in [3.63, 3.8) is 0 Å². The Balaban J connectivity index is 1.64. The lowest BCUT2D eigenvalue weighted by molar-refractivity contribution is -0.0521. The topological polar surface area (TPSA) is 71.8 Å². The van der Waals surface area contributed by atoms with E-state index >= 15 is 0 Å². The van der Waals surface area contributed by atoms with E-state index in [0.29, 0.717) is 6.42 Å². The van der Waals surface area contributed by atoms with Gasteiger partial charge in [-0.1, -0.05) is 12.1 Å². The molecule has 0 saturated carbocycles. The van der Waals surface area contributed by atoms with E-state index in [2.05, 4.69) is 17.5 Å². The van der Waals surface area contributed by atoms with Crippen LogP contribution in [0.4, 0.5) is 0 Å². The Hall–Kier alpha value is -1.69. The minimum atomic E-state index is -0.743. The number of aliphatic hydroxyl groups is 2. The molecule has 2 heterocycles. The van der Waals surface area contributed by atoms with Crippen LogP contribution in [0.2, 0.25) is 0 Å². The molecule has 1 aromatic carbocycles. The number of hydrogen-bond donors (Lipinski definition) is 2. The Labute approximate surface area is 148 Å². The van der Waals surface area contributed by atoms with Crippen LogP contribution in [0.5, 0.6) is 5.75 Å². The van der Waals surface area contributed by atoms with Gasteiger partial charge < -0.3 is 19.7 Å². The van der Waals surface area contributed by atoms with Crippen LogP contribution in [0.1, 0.15) is 31.2 Å². The number of methoxy groups -OCH3 is 1. The standard InChI is InChI=1S/C20H25NO4/c1-24-18-11-19-14(4-2-7-20(19)21-12-18)8-9-16-5-3-6-17(25-16)10-15(23)13-22/h2,4,7,11-12,15-17,22-23H,3,5,8-10,13H2,1H3/t15-,16-,17-/m1/s1. The lowest BCUT2D eigenvalue weighted by atomic mass is 9.95. The molecule has 2 radical (unpaired) electrons. The summed E-state index contributed by atoms with van der Waals surface area (Å²) in [5.41, 5.74) is 2.20. The van der Waals surface area contributed by atoms with E-state index in [1.54, 1.807) is 13.3 Å². The average Bonchev–Trinajstić information content (AvgIpc) is 2.66. The Morgan fingerprint density at radius 2 is 2.32 bits per heavy atom. The summed E-state index contributed by atoms with van der Waals surface area (Å²) in [6.07, 6.45) is 8.18. The maximum atomic E-state index is 9.58. The molecule has 1 fully saturated rings. The summed E-state index contributed by atoms with van der Waals surface area (Å²) >= 11 is 0. The largest absolute Gasteiger partial charge is 0.495 e. The van der Waals surface area contributed by atoms with Crippen LogP contribution in [0, 0.1) is 6.42 Å². The van der Waals surface area contributed by atoms with Gasteiger partial charge in [-0.15, -0.1) is 0 Å². The van der Waals surface area contributed by atoms with Gasteiger partial charge in [0.1, 0.15) is 5.75 Å². The maximum Gasteiger partial charge on any atom is 0.137 e. The summed E-state index contributed by atoms with van der Waals surface area (Å²) in [4.78, 5) is 4.44. The normalized spacial score (nSPS) is 22.0. The fourth-order valence-corrected chi connectivity index (χ4v) is 3.26. The number of fused-ring (bicyclic) bond motifs is 1. The highest BCUT2D eigenvalue weighted by Gasteiger charge is 2.24. The van der Waals surface area contributed by atoms with Gasteiger partial charge in [-0.25, -0.2) is 0 Å². The fraction of sp³-hybridized carbons (Fsp3) is 0.500. The van der Waals surface area contributed by atoms with E-state index in [4.69, 9.17) is 14.6 Å². The minimum Gasteiger partial charge on any atom is -0.495 e. The summed E-state index contributed by atoms with van der Waals surface area (Å²) in [5, 5.41) is 19.7.